The third-order valence-electron chi connectivity index (χ3n) is 6.85. The molecular formula is C29H28FN5O3S. The van der Waals surface area contributed by atoms with Gasteiger partial charge >= 0.3 is 0 Å². The number of carbonyl (C=O) groups is 1. The molecule has 6 rings (SSSR count). The monoisotopic (exact) mass is 545 g/mol. The van der Waals surface area contributed by atoms with Crippen LogP contribution in [0.3, 0.4) is 0 Å². The Morgan fingerprint density at radius 2 is 1.97 bits per heavy atom. The molecule has 200 valence electrons. The summed E-state index contributed by atoms with van der Waals surface area (Å²) >= 11 is 1.31. The van der Waals surface area contributed by atoms with Gasteiger partial charge in [-0.2, -0.15) is 0 Å². The van der Waals surface area contributed by atoms with Gasteiger partial charge in [-0.15, -0.1) is 0 Å². The summed E-state index contributed by atoms with van der Waals surface area (Å²) in [4.78, 5) is 27.3. The molecule has 2 aliphatic heterocycles. The predicted octanol–water partition coefficient (Wildman–Crippen LogP) is 5.55. The van der Waals surface area contributed by atoms with E-state index in [0.29, 0.717) is 21.5 Å². The van der Waals surface area contributed by atoms with Gasteiger partial charge in [-0.1, -0.05) is 30.0 Å². The fourth-order valence-corrected chi connectivity index (χ4v) is 6.00. The molecule has 1 saturated heterocycles. The van der Waals surface area contributed by atoms with Crippen LogP contribution >= 0.6 is 11.8 Å². The summed E-state index contributed by atoms with van der Waals surface area (Å²) in [6.45, 7) is 8.01. The van der Waals surface area contributed by atoms with Crippen molar-refractivity contribution in [2.45, 2.75) is 30.7 Å². The lowest BCUT2D eigenvalue weighted by atomic mass is 10.1. The van der Waals surface area contributed by atoms with Crippen molar-refractivity contribution < 1.29 is 18.7 Å². The molecule has 1 unspecified atom stereocenters. The van der Waals surface area contributed by atoms with Crippen LogP contribution in [-0.4, -0.2) is 57.3 Å². The van der Waals surface area contributed by atoms with Crippen LogP contribution in [0.2, 0.25) is 0 Å². The molecule has 1 fully saturated rings. The van der Waals surface area contributed by atoms with Crippen LogP contribution in [0.15, 0.2) is 59.9 Å². The third kappa shape index (κ3) is 5.40. The number of allylic oxidation sites excluding steroid dienone is 1. The first-order valence-electron chi connectivity index (χ1n) is 12.8. The van der Waals surface area contributed by atoms with Gasteiger partial charge in [-0.3, -0.25) is 9.69 Å². The Labute approximate surface area is 229 Å². The van der Waals surface area contributed by atoms with Crippen LogP contribution in [0.4, 0.5) is 10.1 Å². The van der Waals surface area contributed by atoms with Crippen molar-refractivity contribution in [3.8, 4) is 11.6 Å². The van der Waals surface area contributed by atoms with Gasteiger partial charge in [0.15, 0.2) is 11.6 Å². The van der Waals surface area contributed by atoms with Crippen molar-refractivity contribution in [3.63, 3.8) is 0 Å². The molecule has 0 bridgehead atoms. The highest BCUT2D eigenvalue weighted by atomic mass is 32.2. The van der Waals surface area contributed by atoms with Crippen LogP contribution in [0.1, 0.15) is 23.7 Å². The van der Waals surface area contributed by atoms with Crippen molar-refractivity contribution in [1.82, 2.24) is 19.9 Å². The number of rotatable bonds is 6. The number of H-pyrrole nitrogens is 1. The molecule has 0 radical (unpaired) electrons. The summed E-state index contributed by atoms with van der Waals surface area (Å²) in [7, 11) is 0. The number of fused-ring (bicyclic) bond motifs is 2. The Bertz CT molecular complexity index is 1560. The van der Waals surface area contributed by atoms with Crippen LogP contribution in [0.25, 0.3) is 16.5 Å². The van der Waals surface area contributed by atoms with Crippen LogP contribution in [-0.2, 0) is 16.1 Å². The number of nitrogens with one attached hydrogen (secondary N) is 2. The fraction of sp³-hybridized carbons (Fsp3) is 0.276. The summed E-state index contributed by atoms with van der Waals surface area (Å²) in [5, 5.41) is 3.60. The number of halogens is 1. The Morgan fingerprint density at radius 3 is 2.77 bits per heavy atom. The number of benzene rings is 2. The molecule has 2 aliphatic rings. The van der Waals surface area contributed by atoms with Gasteiger partial charge in [-0.25, -0.2) is 14.4 Å². The Hall–Kier alpha value is -3.73. The minimum absolute atomic E-state index is 0.0807. The summed E-state index contributed by atoms with van der Waals surface area (Å²) in [6, 6.07) is 13.0. The number of amides is 1. The smallest absolute Gasteiger partial charge is 0.241 e. The number of anilines is 1. The van der Waals surface area contributed by atoms with E-state index in [1.165, 1.54) is 23.7 Å². The molecule has 39 heavy (non-hydrogen) atoms. The SMILES string of the molecule is CC1=CC(C(=O)Nc2ccc(CN3CCOCC3)cc2)Sc2ncnc(Oc3ccc4[nH]c(C)cc4c3F)c21. The highest BCUT2D eigenvalue weighted by Crippen LogP contribution is 2.42. The summed E-state index contributed by atoms with van der Waals surface area (Å²) < 4.78 is 26.5. The van der Waals surface area contributed by atoms with Crippen LogP contribution < -0.4 is 10.1 Å². The van der Waals surface area contributed by atoms with E-state index >= 15 is 4.39 Å². The van der Waals surface area contributed by atoms with Gasteiger partial charge in [0, 0.05) is 41.9 Å². The number of nitrogens with zero attached hydrogens (tertiary/aromatic N) is 3. The van der Waals surface area contributed by atoms with E-state index in [2.05, 4.69) is 25.2 Å². The minimum Gasteiger partial charge on any atom is -0.435 e. The molecular weight excluding hydrogens is 517 g/mol. The highest BCUT2D eigenvalue weighted by molar-refractivity contribution is 8.00. The van der Waals surface area contributed by atoms with Crippen molar-refractivity contribution >= 4 is 39.8 Å². The number of ether oxygens (including phenoxy) is 2. The molecule has 2 N–H and O–H groups in total. The second-order valence-electron chi connectivity index (χ2n) is 9.72. The number of carbonyl (C=O) groups excluding carboxylic acids is 1. The molecule has 4 heterocycles. The quantitative estimate of drug-likeness (QED) is 0.307. The number of aromatic nitrogens is 3. The van der Waals surface area contributed by atoms with E-state index in [9.17, 15) is 4.79 Å². The highest BCUT2D eigenvalue weighted by Gasteiger charge is 2.29. The zero-order valence-corrected chi connectivity index (χ0v) is 22.5. The van der Waals surface area contributed by atoms with E-state index in [4.69, 9.17) is 9.47 Å². The van der Waals surface area contributed by atoms with E-state index in [1.807, 2.05) is 44.2 Å². The molecule has 8 nitrogen and oxygen atoms in total. The summed E-state index contributed by atoms with van der Waals surface area (Å²) in [6.07, 6.45) is 3.24. The largest absolute Gasteiger partial charge is 0.435 e. The first-order chi connectivity index (χ1) is 18.9. The molecule has 1 atom stereocenters. The predicted molar refractivity (Wildman–Crippen MR) is 150 cm³/mol. The maximum absolute atomic E-state index is 15.1. The van der Waals surface area contributed by atoms with Crippen molar-refractivity contribution in [3.05, 3.63) is 77.5 Å². The number of aryl methyl sites for hydroxylation is 1. The van der Waals surface area contributed by atoms with E-state index in [1.54, 1.807) is 18.2 Å². The average molecular weight is 546 g/mol. The van der Waals surface area contributed by atoms with E-state index in [0.717, 1.165) is 49.8 Å². The minimum atomic E-state index is -0.482. The lowest BCUT2D eigenvalue weighted by Crippen LogP contribution is -2.35. The number of morpholine rings is 1. The lowest BCUT2D eigenvalue weighted by molar-refractivity contribution is -0.115. The number of aromatic amines is 1. The van der Waals surface area contributed by atoms with Crippen LogP contribution in [0.5, 0.6) is 11.6 Å². The maximum atomic E-state index is 15.1. The molecule has 0 spiro atoms. The average Bonchev–Trinajstić information content (AvgIpc) is 3.33. The van der Waals surface area contributed by atoms with Gasteiger partial charge in [0.05, 0.1) is 18.8 Å². The Kier molecular flexibility index (Phi) is 7.07. The van der Waals surface area contributed by atoms with Crippen molar-refractivity contribution in [2.75, 3.05) is 31.6 Å². The topological polar surface area (TPSA) is 92.4 Å². The molecule has 10 heteroatoms. The zero-order chi connectivity index (χ0) is 26.9. The Morgan fingerprint density at radius 1 is 1.18 bits per heavy atom. The molecule has 2 aromatic carbocycles. The van der Waals surface area contributed by atoms with Crippen molar-refractivity contribution in [2.24, 2.45) is 0 Å². The first-order valence-corrected chi connectivity index (χ1v) is 13.7. The second-order valence-corrected chi connectivity index (χ2v) is 10.8. The van der Waals surface area contributed by atoms with Crippen molar-refractivity contribution in [1.29, 1.82) is 0 Å². The normalized spacial score (nSPS) is 17.5. The number of hydrogen-bond donors (Lipinski definition) is 2. The molecule has 1 amide bonds. The van der Waals surface area contributed by atoms with Gasteiger partial charge in [0.1, 0.15) is 16.6 Å². The molecule has 0 saturated carbocycles. The van der Waals surface area contributed by atoms with Gasteiger partial charge < -0.3 is 19.8 Å². The Balaban J connectivity index is 1.15. The van der Waals surface area contributed by atoms with Gasteiger partial charge in [-0.05, 0) is 55.3 Å². The zero-order valence-electron chi connectivity index (χ0n) is 21.7. The summed E-state index contributed by atoms with van der Waals surface area (Å²) in [5.41, 5.74) is 4.94. The lowest BCUT2D eigenvalue weighted by Gasteiger charge is -2.26. The fourth-order valence-electron chi connectivity index (χ4n) is 4.85. The third-order valence-corrected chi connectivity index (χ3v) is 7.98. The van der Waals surface area contributed by atoms with E-state index < -0.39 is 11.1 Å². The van der Waals surface area contributed by atoms with Gasteiger partial charge in [0.2, 0.25) is 11.8 Å². The molecule has 2 aromatic heterocycles. The standard InChI is InChI=1S/C29H28FN5O3S/c1-17-13-24(27(36)34-20-5-3-19(4-6-20)15-35-9-11-37-12-10-35)39-29-25(17)28(31-16-32-29)38-23-8-7-22-21(26(23)30)14-18(2)33-22/h3-8,13-14,16,24,33H,9-12,15H2,1-2H3,(H,34,36). The summed E-state index contributed by atoms with van der Waals surface area (Å²) in [5.74, 6) is -0.271. The number of thioether (sulfide) groups is 1. The second kappa shape index (κ2) is 10.8. The van der Waals surface area contributed by atoms with Crippen LogP contribution in [0, 0.1) is 12.7 Å². The van der Waals surface area contributed by atoms with E-state index in [-0.39, 0.29) is 17.5 Å². The van der Waals surface area contributed by atoms with Gasteiger partial charge in [0.25, 0.3) is 0 Å². The first kappa shape index (κ1) is 25.5. The molecule has 0 aliphatic carbocycles. The maximum Gasteiger partial charge on any atom is 0.241 e. The molecule has 4 aromatic rings. The number of hydrogen-bond acceptors (Lipinski definition) is 7.